The van der Waals surface area contributed by atoms with E-state index in [2.05, 4.69) is 4.98 Å². The highest BCUT2D eigenvalue weighted by molar-refractivity contribution is 7.91. The Kier molecular flexibility index (Phi) is 3.05. The van der Waals surface area contributed by atoms with E-state index >= 15 is 0 Å². The highest BCUT2D eigenvalue weighted by Gasteiger charge is 2.38. The largest absolute Gasteiger partial charge is 0.485 e. The average molecular weight is 264 g/mol. The standard InChI is InChI=1S/C9H10ClNO4S/c10-6-1-7(3-11-2-6)15-9-5-16(13,14)4-8(9)12/h1-3,8-9,12H,4-5H2. The lowest BCUT2D eigenvalue weighted by molar-refractivity contribution is 0.0735. The lowest BCUT2D eigenvalue weighted by atomic mass is 10.2. The molecule has 2 atom stereocenters. The van der Waals surface area contributed by atoms with Crippen molar-refractivity contribution in [3.63, 3.8) is 0 Å². The minimum Gasteiger partial charge on any atom is -0.485 e. The molecule has 0 aromatic carbocycles. The Morgan fingerprint density at radius 1 is 1.44 bits per heavy atom. The Morgan fingerprint density at radius 3 is 2.75 bits per heavy atom. The molecule has 7 heteroatoms. The number of aliphatic hydroxyl groups is 1. The molecular weight excluding hydrogens is 254 g/mol. The Balaban J connectivity index is 2.11. The minimum absolute atomic E-state index is 0.180. The predicted octanol–water partition coefficient (Wildman–Crippen LogP) is 0.272. The van der Waals surface area contributed by atoms with Gasteiger partial charge >= 0.3 is 0 Å². The summed E-state index contributed by atoms with van der Waals surface area (Å²) >= 11 is 5.70. The SMILES string of the molecule is O=S1(=O)CC(O)C(Oc2cncc(Cl)c2)C1. The molecule has 2 unspecified atom stereocenters. The number of halogens is 1. The van der Waals surface area contributed by atoms with E-state index in [0.717, 1.165) is 0 Å². The van der Waals surface area contributed by atoms with Gasteiger partial charge in [0.2, 0.25) is 0 Å². The van der Waals surface area contributed by atoms with Gasteiger partial charge in [0.1, 0.15) is 18.0 Å². The normalized spacial score (nSPS) is 27.9. The van der Waals surface area contributed by atoms with Gasteiger partial charge in [-0.25, -0.2) is 8.42 Å². The Labute approximate surface area is 97.9 Å². The van der Waals surface area contributed by atoms with E-state index in [9.17, 15) is 13.5 Å². The van der Waals surface area contributed by atoms with Crippen LogP contribution in [0.15, 0.2) is 18.5 Å². The van der Waals surface area contributed by atoms with Crippen LogP contribution in [0.5, 0.6) is 5.75 Å². The van der Waals surface area contributed by atoms with Gasteiger partial charge in [0.15, 0.2) is 9.84 Å². The smallest absolute Gasteiger partial charge is 0.156 e. The van der Waals surface area contributed by atoms with Crippen LogP contribution in [-0.2, 0) is 9.84 Å². The van der Waals surface area contributed by atoms with Crippen LogP contribution in [-0.4, -0.2) is 42.2 Å². The molecule has 1 saturated heterocycles. The van der Waals surface area contributed by atoms with E-state index in [0.29, 0.717) is 10.8 Å². The van der Waals surface area contributed by atoms with Crippen LogP contribution in [0.4, 0.5) is 0 Å². The molecule has 88 valence electrons. The Morgan fingerprint density at radius 2 is 2.19 bits per heavy atom. The number of hydrogen-bond acceptors (Lipinski definition) is 5. The molecule has 0 spiro atoms. The van der Waals surface area contributed by atoms with Crippen LogP contribution in [0.3, 0.4) is 0 Å². The molecule has 0 bridgehead atoms. The molecule has 1 fully saturated rings. The summed E-state index contributed by atoms with van der Waals surface area (Å²) in [5.41, 5.74) is 0. The molecule has 5 nitrogen and oxygen atoms in total. The van der Waals surface area contributed by atoms with Gasteiger partial charge in [-0.3, -0.25) is 4.98 Å². The maximum absolute atomic E-state index is 11.2. The lowest BCUT2D eigenvalue weighted by Gasteiger charge is -2.15. The third-order valence-electron chi connectivity index (χ3n) is 2.24. The molecule has 1 aromatic rings. The van der Waals surface area contributed by atoms with E-state index in [1.807, 2.05) is 0 Å². The number of sulfone groups is 1. The summed E-state index contributed by atoms with van der Waals surface area (Å²) in [6.45, 7) is 0. The summed E-state index contributed by atoms with van der Waals surface area (Å²) in [6, 6.07) is 1.52. The predicted molar refractivity (Wildman–Crippen MR) is 58.3 cm³/mol. The van der Waals surface area contributed by atoms with Gasteiger partial charge in [-0.15, -0.1) is 0 Å². The first-order valence-electron chi connectivity index (χ1n) is 4.62. The van der Waals surface area contributed by atoms with Gasteiger partial charge in [0.25, 0.3) is 0 Å². The number of rotatable bonds is 2. The molecule has 1 aromatic heterocycles. The molecule has 2 heterocycles. The number of hydrogen-bond donors (Lipinski definition) is 1. The van der Waals surface area contributed by atoms with Gasteiger partial charge in [-0.2, -0.15) is 0 Å². The number of aromatic nitrogens is 1. The fourth-order valence-electron chi connectivity index (χ4n) is 1.54. The zero-order valence-electron chi connectivity index (χ0n) is 8.21. The second-order valence-corrected chi connectivity index (χ2v) is 6.23. The maximum Gasteiger partial charge on any atom is 0.156 e. The van der Waals surface area contributed by atoms with Crippen LogP contribution in [0.1, 0.15) is 0 Å². The molecule has 2 rings (SSSR count). The molecule has 0 amide bonds. The topological polar surface area (TPSA) is 76.5 Å². The molecular formula is C9H10ClNO4S. The van der Waals surface area contributed by atoms with Crippen LogP contribution in [0.2, 0.25) is 5.02 Å². The number of pyridine rings is 1. The highest BCUT2D eigenvalue weighted by Crippen LogP contribution is 2.21. The molecule has 1 aliphatic rings. The second kappa shape index (κ2) is 4.20. The molecule has 1 aliphatic heterocycles. The Hall–Kier alpha value is -0.850. The zero-order valence-corrected chi connectivity index (χ0v) is 9.78. The van der Waals surface area contributed by atoms with Crippen molar-refractivity contribution in [3.8, 4) is 5.75 Å². The number of ether oxygens (including phenoxy) is 1. The van der Waals surface area contributed by atoms with E-state index in [-0.39, 0.29) is 11.5 Å². The summed E-state index contributed by atoms with van der Waals surface area (Å²) in [7, 11) is -3.20. The summed E-state index contributed by atoms with van der Waals surface area (Å²) in [6.07, 6.45) is 1.12. The Bertz CT molecular complexity index is 490. The molecule has 0 radical (unpaired) electrons. The third-order valence-corrected chi connectivity index (χ3v) is 4.13. The fraction of sp³-hybridized carbons (Fsp3) is 0.444. The second-order valence-electron chi connectivity index (χ2n) is 3.64. The van der Waals surface area contributed by atoms with Gasteiger partial charge in [-0.1, -0.05) is 11.6 Å². The van der Waals surface area contributed by atoms with Crippen LogP contribution >= 0.6 is 11.6 Å². The molecule has 0 aliphatic carbocycles. The van der Waals surface area contributed by atoms with Gasteiger partial charge in [-0.05, 0) is 0 Å². The van der Waals surface area contributed by atoms with Crippen molar-refractivity contribution in [1.82, 2.24) is 4.98 Å². The van der Waals surface area contributed by atoms with Crippen LogP contribution in [0, 0.1) is 0 Å². The quantitative estimate of drug-likeness (QED) is 0.829. The molecule has 0 saturated carbocycles. The first-order chi connectivity index (χ1) is 7.46. The zero-order chi connectivity index (χ0) is 11.8. The monoisotopic (exact) mass is 263 g/mol. The van der Waals surface area contributed by atoms with Crippen LogP contribution in [0.25, 0.3) is 0 Å². The van der Waals surface area contributed by atoms with E-state index in [4.69, 9.17) is 16.3 Å². The average Bonchev–Trinajstić information content (AvgIpc) is 2.39. The van der Waals surface area contributed by atoms with Gasteiger partial charge < -0.3 is 9.84 Å². The molecule has 16 heavy (non-hydrogen) atoms. The third kappa shape index (κ3) is 2.63. The first-order valence-corrected chi connectivity index (χ1v) is 6.82. The fourth-order valence-corrected chi connectivity index (χ4v) is 3.37. The van der Waals surface area contributed by atoms with E-state index in [1.165, 1.54) is 18.5 Å². The van der Waals surface area contributed by atoms with Crippen molar-refractivity contribution in [3.05, 3.63) is 23.5 Å². The maximum atomic E-state index is 11.2. The minimum atomic E-state index is -3.20. The van der Waals surface area contributed by atoms with Crippen molar-refractivity contribution in [2.24, 2.45) is 0 Å². The van der Waals surface area contributed by atoms with Gasteiger partial charge in [0.05, 0.1) is 22.7 Å². The lowest BCUT2D eigenvalue weighted by Crippen LogP contribution is -2.29. The summed E-state index contributed by atoms with van der Waals surface area (Å²) < 4.78 is 27.8. The van der Waals surface area contributed by atoms with Gasteiger partial charge in [0, 0.05) is 12.3 Å². The van der Waals surface area contributed by atoms with Crippen molar-refractivity contribution < 1.29 is 18.3 Å². The van der Waals surface area contributed by atoms with Crippen molar-refractivity contribution in [2.75, 3.05) is 11.5 Å². The summed E-state index contributed by atoms with van der Waals surface area (Å²) in [5, 5.41) is 9.89. The number of nitrogens with zero attached hydrogens (tertiary/aromatic N) is 1. The summed E-state index contributed by atoms with van der Waals surface area (Å²) in [5.74, 6) is -0.0829. The van der Waals surface area contributed by atoms with Crippen molar-refractivity contribution in [1.29, 1.82) is 0 Å². The van der Waals surface area contributed by atoms with Crippen molar-refractivity contribution in [2.45, 2.75) is 12.2 Å². The molecule has 1 N–H and O–H groups in total. The van der Waals surface area contributed by atoms with Crippen LogP contribution < -0.4 is 4.74 Å². The number of aliphatic hydroxyl groups excluding tert-OH is 1. The van der Waals surface area contributed by atoms with E-state index in [1.54, 1.807) is 0 Å². The van der Waals surface area contributed by atoms with E-state index < -0.39 is 22.0 Å². The van der Waals surface area contributed by atoms with Crippen molar-refractivity contribution >= 4 is 21.4 Å². The summed E-state index contributed by atoms with van der Waals surface area (Å²) in [4.78, 5) is 3.80. The highest BCUT2D eigenvalue weighted by atomic mass is 35.5. The first kappa shape index (κ1) is 11.6.